The molecule has 0 aliphatic heterocycles. The lowest BCUT2D eigenvalue weighted by Gasteiger charge is -2.26. The first-order chi connectivity index (χ1) is 8.16. The van der Waals surface area contributed by atoms with E-state index in [9.17, 15) is 14.0 Å². The van der Waals surface area contributed by atoms with E-state index in [1.54, 1.807) is 0 Å². The zero-order valence-corrected chi connectivity index (χ0v) is 9.07. The normalized spacial score (nSPS) is 16.1. The van der Waals surface area contributed by atoms with Gasteiger partial charge in [0.15, 0.2) is 0 Å². The molecule has 1 aliphatic rings. The van der Waals surface area contributed by atoms with Crippen LogP contribution in [0.4, 0.5) is 4.39 Å². The number of aromatic amines is 1. The summed E-state index contributed by atoms with van der Waals surface area (Å²) in [6.45, 7) is 0. The minimum absolute atomic E-state index is 0.000651. The molecule has 0 bridgehead atoms. The third kappa shape index (κ3) is 1.50. The summed E-state index contributed by atoms with van der Waals surface area (Å²) >= 11 is 0. The number of halogens is 1. The summed E-state index contributed by atoms with van der Waals surface area (Å²) < 4.78 is 14.3. The van der Waals surface area contributed by atoms with Crippen LogP contribution >= 0.6 is 0 Å². The molecule has 0 atom stereocenters. The van der Waals surface area contributed by atoms with Gasteiger partial charge >= 0.3 is 5.69 Å². The minimum atomic E-state index is -0.464. The number of rotatable bonds is 1. The fourth-order valence-corrected chi connectivity index (χ4v) is 2.18. The molecule has 88 valence electrons. The third-order valence-electron chi connectivity index (χ3n) is 3.33. The third-order valence-corrected chi connectivity index (χ3v) is 3.33. The average Bonchev–Trinajstić information content (AvgIpc) is 2.20. The Morgan fingerprint density at radius 2 is 2.06 bits per heavy atom. The second kappa shape index (κ2) is 3.55. The highest BCUT2D eigenvalue weighted by atomic mass is 19.1. The standard InChI is InChI=1S/C12H11FN2O2/c13-7-4-5-9-10(6-7)14-12(17)15(11(9)16)8-2-1-3-8/h4-6,8H,1-3H2,(H,14,17). The van der Waals surface area contributed by atoms with Gasteiger partial charge in [0.25, 0.3) is 5.56 Å². The quantitative estimate of drug-likeness (QED) is 0.814. The molecule has 1 fully saturated rings. The minimum Gasteiger partial charge on any atom is -0.307 e. The Morgan fingerprint density at radius 3 is 2.71 bits per heavy atom. The Hall–Kier alpha value is -1.91. The molecule has 1 aromatic carbocycles. The van der Waals surface area contributed by atoms with Crippen LogP contribution in [0.1, 0.15) is 25.3 Å². The van der Waals surface area contributed by atoms with E-state index in [-0.39, 0.29) is 17.1 Å². The van der Waals surface area contributed by atoms with Crippen molar-refractivity contribution in [3.05, 3.63) is 44.9 Å². The van der Waals surface area contributed by atoms with E-state index in [1.165, 1.54) is 22.8 Å². The largest absolute Gasteiger partial charge is 0.329 e. The monoisotopic (exact) mass is 234 g/mol. The van der Waals surface area contributed by atoms with Crippen LogP contribution in [0.15, 0.2) is 27.8 Å². The van der Waals surface area contributed by atoms with Crippen molar-refractivity contribution >= 4 is 10.9 Å². The molecule has 2 aromatic rings. The first-order valence-corrected chi connectivity index (χ1v) is 5.61. The average molecular weight is 234 g/mol. The highest BCUT2D eigenvalue weighted by molar-refractivity contribution is 5.77. The summed E-state index contributed by atoms with van der Waals surface area (Å²) in [5, 5.41) is 0.359. The Bertz CT molecular complexity index is 698. The predicted molar refractivity (Wildman–Crippen MR) is 61.7 cm³/mol. The van der Waals surface area contributed by atoms with Crippen molar-refractivity contribution in [3.8, 4) is 0 Å². The van der Waals surface area contributed by atoms with Gasteiger partial charge in [0.2, 0.25) is 0 Å². The fourth-order valence-electron chi connectivity index (χ4n) is 2.18. The van der Waals surface area contributed by atoms with E-state index in [2.05, 4.69) is 4.98 Å². The van der Waals surface area contributed by atoms with Crippen LogP contribution in [-0.4, -0.2) is 9.55 Å². The van der Waals surface area contributed by atoms with Crippen molar-refractivity contribution in [1.29, 1.82) is 0 Å². The van der Waals surface area contributed by atoms with Crippen molar-refractivity contribution in [3.63, 3.8) is 0 Å². The second-order valence-electron chi connectivity index (χ2n) is 4.38. The molecule has 0 unspecified atom stereocenters. The van der Waals surface area contributed by atoms with Crippen LogP contribution in [0.25, 0.3) is 10.9 Å². The number of nitrogens with one attached hydrogen (secondary N) is 1. The predicted octanol–water partition coefficient (Wildman–Crippen LogP) is 1.55. The van der Waals surface area contributed by atoms with E-state index in [0.29, 0.717) is 5.39 Å². The first-order valence-electron chi connectivity index (χ1n) is 5.61. The molecule has 4 nitrogen and oxygen atoms in total. The highest BCUT2D eigenvalue weighted by Crippen LogP contribution is 2.29. The number of H-pyrrole nitrogens is 1. The van der Waals surface area contributed by atoms with E-state index < -0.39 is 11.5 Å². The first kappa shape index (κ1) is 10.3. The number of aromatic nitrogens is 2. The van der Waals surface area contributed by atoms with E-state index in [0.717, 1.165) is 19.3 Å². The number of fused-ring (bicyclic) bond motifs is 1. The maximum Gasteiger partial charge on any atom is 0.329 e. The molecule has 1 aliphatic carbocycles. The number of hydrogen-bond donors (Lipinski definition) is 1. The lowest BCUT2D eigenvalue weighted by atomic mass is 9.93. The molecule has 17 heavy (non-hydrogen) atoms. The topological polar surface area (TPSA) is 54.9 Å². The Morgan fingerprint density at radius 1 is 1.29 bits per heavy atom. The Kier molecular flexibility index (Phi) is 2.14. The van der Waals surface area contributed by atoms with Gasteiger partial charge in [0.1, 0.15) is 5.82 Å². The molecule has 1 aromatic heterocycles. The molecule has 1 saturated carbocycles. The molecule has 1 heterocycles. The SMILES string of the molecule is O=c1[nH]c2cc(F)ccc2c(=O)n1C1CCC1. The van der Waals surface area contributed by atoms with Gasteiger partial charge in [-0.1, -0.05) is 0 Å². The van der Waals surface area contributed by atoms with E-state index in [4.69, 9.17) is 0 Å². The van der Waals surface area contributed by atoms with Gasteiger partial charge in [-0.25, -0.2) is 9.18 Å². The van der Waals surface area contributed by atoms with Crippen LogP contribution in [0.2, 0.25) is 0 Å². The van der Waals surface area contributed by atoms with Crippen LogP contribution in [0.5, 0.6) is 0 Å². The van der Waals surface area contributed by atoms with Gasteiger partial charge in [-0.05, 0) is 37.5 Å². The lowest BCUT2D eigenvalue weighted by Crippen LogP contribution is -2.40. The van der Waals surface area contributed by atoms with Crippen molar-refractivity contribution in [2.45, 2.75) is 25.3 Å². The molecule has 3 rings (SSSR count). The molecule has 0 spiro atoms. The maximum atomic E-state index is 13.0. The van der Waals surface area contributed by atoms with Crippen LogP contribution in [0, 0.1) is 5.82 Å². The van der Waals surface area contributed by atoms with Gasteiger partial charge in [-0.3, -0.25) is 9.36 Å². The lowest BCUT2D eigenvalue weighted by molar-refractivity contribution is 0.298. The maximum absolute atomic E-state index is 13.0. The molecule has 0 amide bonds. The molecule has 5 heteroatoms. The zero-order valence-electron chi connectivity index (χ0n) is 9.07. The zero-order chi connectivity index (χ0) is 12.0. The van der Waals surface area contributed by atoms with Crippen molar-refractivity contribution < 1.29 is 4.39 Å². The van der Waals surface area contributed by atoms with E-state index in [1.807, 2.05) is 0 Å². The van der Waals surface area contributed by atoms with Gasteiger partial charge in [0.05, 0.1) is 10.9 Å². The highest BCUT2D eigenvalue weighted by Gasteiger charge is 2.23. The number of nitrogens with zero attached hydrogens (tertiary/aromatic N) is 1. The van der Waals surface area contributed by atoms with Crippen LogP contribution in [0.3, 0.4) is 0 Å². The summed E-state index contributed by atoms with van der Waals surface area (Å²) in [5.41, 5.74) is -0.512. The second-order valence-corrected chi connectivity index (χ2v) is 4.38. The van der Waals surface area contributed by atoms with Gasteiger partial charge < -0.3 is 4.98 Å². The van der Waals surface area contributed by atoms with Gasteiger partial charge in [-0.15, -0.1) is 0 Å². The molecular formula is C12H11FN2O2. The Balaban J connectivity index is 2.35. The van der Waals surface area contributed by atoms with Crippen LogP contribution < -0.4 is 11.2 Å². The molecule has 0 radical (unpaired) electrons. The summed E-state index contributed by atoms with van der Waals surface area (Å²) in [4.78, 5) is 26.5. The van der Waals surface area contributed by atoms with Crippen molar-refractivity contribution in [1.82, 2.24) is 9.55 Å². The number of benzene rings is 1. The van der Waals surface area contributed by atoms with Crippen molar-refractivity contribution in [2.24, 2.45) is 0 Å². The van der Waals surface area contributed by atoms with Crippen LogP contribution in [-0.2, 0) is 0 Å². The molecule has 0 saturated heterocycles. The summed E-state index contributed by atoms with van der Waals surface area (Å²) in [6.07, 6.45) is 2.75. The smallest absolute Gasteiger partial charge is 0.307 e. The summed E-state index contributed by atoms with van der Waals surface area (Å²) in [5.74, 6) is -0.464. The summed E-state index contributed by atoms with van der Waals surface area (Å²) in [7, 11) is 0. The van der Waals surface area contributed by atoms with Gasteiger partial charge in [0, 0.05) is 6.04 Å². The van der Waals surface area contributed by atoms with E-state index >= 15 is 0 Å². The Labute approximate surface area is 95.7 Å². The molecular weight excluding hydrogens is 223 g/mol. The molecule has 1 N–H and O–H groups in total. The summed E-state index contributed by atoms with van der Waals surface area (Å²) in [6, 6.07) is 3.81. The number of hydrogen-bond acceptors (Lipinski definition) is 2. The van der Waals surface area contributed by atoms with Crippen molar-refractivity contribution in [2.75, 3.05) is 0 Å². The fraction of sp³-hybridized carbons (Fsp3) is 0.333. The van der Waals surface area contributed by atoms with Gasteiger partial charge in [-0.2, -0.15) is 0 Å².